The Labute approximate surface area is 86.2 Å². The summed E-state index contributed by atoms with van der Waals surface area (Å²) in [6.07, 6.45) is 1.90. The molecule has 0 bridgehead atoms. The molecule has 1 aromatic rings. The molecule has 0 saturated heterocycles. The maximum absolute atomic E-state index is 6.05. The normalized spacial score (nSPS) is 14.1. The molecule has 0 fully saturated rings. The van der Waals surface area contributed by atoms with Crippen molar-refractivity contribution in [3.63, 3.8) is 0 Å². The first-order valence-electron chi connectivity index (χ1n) is 4.14. The van der Waals surface area contributed by atoms with Crippen molar-refractivity contribution in [1.82, 2.24) is 4.90 Å². The van der Waals surface area contributed by atoms with Crippen molar-refractivity contribution < 1.29 is 0 Å². The first kappa shape index (κ1) is 9.15. The summed E-state index contributed by atoms with van der Waals surface area (Å²) in [6, 6.07) is 3.61. The standard InChI is InChI=1S/C9H9ClN4/c1-14(2)5-6-7(10)3-4-8-9(6)12-13-11-8/h3-5H,1-2H3. The molecule has 2 rings (SSSR count). The van der Waals surface area contributed by atoms with Gasteiger partial charge in [-0.2, -0.15) is 0 Å². The third kappa shape index (κ3) is 1.48. The second kappa shape index (κ2) is 3.38. The van der Waals surface area contributed by atoms with Gasteiger partial charge in [0, 0.05) is 25.5 Å². The summed E-state index contributed by atoms with van der Waals surface area (Å²) in [5.41, 5.74) is 0.766. The van der Waals surface area contributed by atoms with E-state index in [2.05, 4.69) is 15.4 Å². The van der Waals surface area contributed by atoms with Crippen LogP contribution < -0.4 is 10.6 Å². The van der Waals surface area contributed by atoms with Gasteiger partial charge in [-0.05, 0) is 17.4 Å². The van der Waals surface area contributed by atoms with Gasteiger partial charge in [-0.25, -0.2) is 0 Å². The smallest absolute Gasteiger partial charge is 0.125 e. The van der Waals surface area contributed by atoms with Crippen LogP contribution in [0.25, 0.3) is 6.20 Å². The highest BCUT2D eigenvalue weighted by Crippen LogP contribution is 2.11. The van der Waals surface area contributed by atoms with Gasteiger partial charge in [-0.1, -0.05) is 11.6 Å². The Bertz CT molecular complexity index is 504. The first-order chi connectivity index (χ1) is 6.68. The third-order valence-electron chi connectivity index (χ3n) is 1.83. The second-order valence-corrected chi connectivity index (χ2v) is 3.62. The molecule has 5 heteroatoms. The first-order valence-corrected chi connectivity index (χ1v) is 4.52. The van der Waals surface area contributed by atoms with E-state index in [9.17, 15) is 0 Å². The summed E-state index contributed by atoms with van der Waals surface area (Å²) in [6.45, 7) is 0. The minimum absolute atomic E-state index is 0.661. The van der Waals surface area contributed by atoms with E-state index in [1.807, 2.05) is 31.3 Å². The summed E-state index contributed by atoms with van der Waals surface area (Å²) in [7, 11) is 3.86. The molecule has 72 valence electrons. The van der Waals surface area contributed by atoms with E-state index < -0.39 is 0 Å². The maximum atomic E-state index is 6.05. The molecule has 0 N–H and O–H groups in total. The maximum Gasteiger partial charge on any atom is 0.125 e. The fourth-order valence-corrected chi connectivity index (χ4v) is 1.46. The Hall–Kier alpha value is -1.42. The van der Waals surface area contributed by atoms with E-state index in [4.69, 9.17) is 11.6 Å². The SMILES string of the molecule is CN(C)C=c1c(Cl)ccc2c1=NN=N2. The summed E-state index contributed by atoms with van der Waals surface area (Å²) in [5.74, 6) is 0. The quantitative estimate of drug-likeness (QED) is 0.685. The molecule has 0 spiro atoms. The van der Waals surface area contributed by atoms with Crippen LogP contribution in [-0.2, 0) is 0 Å². The van der Waals surface area contributed by atoms with E-state index >= 15 is 0 Å². The number of halogens is 1. The lowest BCUT2D eigenvalue weighted by molar-refractivity contribution is 0.614. The fourth-order valence-electron chi connectivity index (χ4n) is 1.25. The topological polar surface area (TPSA) is 40.3 Å². The minimum atomic E-state index is 0.661. The highest BCUT2D eigenvalue weighted by Gasteiger charge is 2.05. The molecular formula is C9H9ClN4. The molecule has 0 atom stereocenters. The molecule has 1 aliphatic rings. The highest BCUT2D eigenvalue weighted by molar-refractivity contribution is 6.30. The van der Waals surface area contributed by atoms with E-state index in [0.29, 0.717) is 5.02 Å². The predicted molar refractivity (Wildman–Crippen MR) is 54.9 cm³/mol. The fraction of sp³-hybridized carbons (Fsp3) is 0.222. The van der Waals surface area contributed by atoms with Crippen LogP contribution in [0.2, 0.25) is 5.02 Å². The average Bonchev–Trinajstić information content (AvgIpc) is 2.57. The molecule has 1 aliphatic heterocycles. The molecule has 1 heterocycles. The zero-order valence-electron chi connectivity index (χ0n) is 7.90. The molecule has 4 nitrogen and oxygen atoms in total. The van der Waals surface area contributed by atoms with Crippen molar-refractivity contribution in [2.45, 2.75) is 0 Å². The van der Waals surface area contributed by atoms with Gasteiger partial charge in [0.1, 0.15) is 11.0 Å². The minimum Gasteiger partial charge on any atom is -0.383 e. The Morgan fingerprint density at radius 1 is 1.36 bits per heavy atom. The van der Waals surface area contributed by atoms with Crippen LogP contribution >= 0.6 is 11.6 Å². The summed E-state index contributed by atoms with van der Waals surface area (Å²) in [5, 5.41) is 13.7. The monoisotopic (exact) mass is 208 g/mol. The van der Waals surface area contributed by atoms with Gasteiger partial charge in [0.25, 0.3) is 0 Å². The van der Waals surface area contributed by atoms with Crippen LogP contribution in [0, 0.1) is 0 Å². The van der Waals surface area contributed by atoms with Crippen molar-refractivity contribution in [2.24, 2.45) is 15.4 Å². The van der Waals surface area contributed by atoms with Gasteiger partial charge in [0.2, 0.25) is 0 Å². The van der Waals surface area contributed by atoms with E-state index in [0.717, 1.165) is 16.3 Å². The zero-order chi connectivity index (χ0) is 10.1. The average molecular weight is 209 g/mol. The molecule has 14 heavy (non-hydrogen) atoms. The molecular weight excluding hydrogens is 200 g/mol. The summed E-state index contributed by atoms with van der Waals surface area (Å²) < 4.78 is 0. The third-order valence-corrected chi connectivity index (χ3v) is 2.16. The van der Waals surface area contributed by atoms with Gasteiger partial charge in [-0.3, -0.25) is 0 Å². The van der Waals surface area contributed by atoms with Crippen LogP contribution in [0.1, 0.15) is 0 Å². The van der Waals surface area contributed by atoms with Gasteiger partial charge in [-0.15, -0.1) is 10.2 Å². The van der Waals surface area contributed by atoms with Crippen LogP contribution in [0.3, 0.4) is 0 Å². The van der Waals surface area contributed by atoms with E-state index in [-0.39, 0.29) is 0 Å². The number of hydrogen-bond acceptors (Lipinski definition) is 4. The Balaban J connectivity index is 2.78. The Morgan fingerprint density at radius 3 is 2.86 bits per heavy atom. The van der Waals surface area contributed by atoms with Crippen LogP contribution in [0.4, 0.5) is 5.69 Å². The predicted octanol–water partition coefficient (Wildman–Crippen LogP) is 1.27. The van der Waals surface area contributed by atoms with Crippen molar-refractivity contribution in [2.75, 3.05) is 14.1 Å². The highest BCUT2D eigenvalue weighted by atomic mass is 35.5. The lowest BCUT2D eigenvalue weighted by atomic mass is 10.2. The number of benzene rings is 1. The zero-order valence-corrected chi connectivity index (χ0v) is 8.65. The molecule has 0 unspecified atom stereocenters. The van der Waals surface area contributed by atoms with Crippen molar-refractivity contribution in [3.8, 4) is 0 Å². The second-order valence-electron chi connectivity index (χ2n) is 3.21. The Morgan fingerprint density at radius 2 is 2.14 bits per heavy atom. The summed E-state index contributed by atoms with van der Waals surface area (Å²) in [4.78, 5) is 1.91. The van der Waals surface area contributed by atoms with E-state index in [1.54, 1.807) is 6.07 Å². The van der Waals surface area contributed by atoms with Gasteiger partial charge < -0.3 is 4.90 Å². The largest absolute Gasteiger partial charge is 0.383 e. The van der Waals surface area contributed by atoms with Crippen molar-refractivity contribution in [1.29, 1.82) is 0 Å². The van der Waals surface area contributed by atoms with Crippen LogP contribution in [0.5, 0.6) is 0 Å². The van der Waals surface area contributed by atoms with Gasteiger partial charge in [0.05, 0.1) is 5.02 Å². The molecule has 1 aromatic carbocycles. The van der Waals surface area contributed by atoms with Crippen molar-refractivity contribution in [3.05, 3.63) is 27.7 Å². The molecule has 0 saturated carbocycles. The van der Waals surface area contributed by atoms with Crippen molar-refractivity contribution >= 4 is 23.5 Å². The molecule has 0 aromatic heterocycles. The summed E-state index contributed by atoms with van der Waals surface area (Å²) >= 11 is 6.05. The Kier molecular flexibility index (Phi) is 2.21. The van der Waals surface area contributed by atoms with E-state index in [1.165, 1.54) is 0 Å². The lowest BCUT2D eigenvalue weighted by Gasteiger charge is -2.03. The van der Waals surface area contributed by atoms with Gasteiger partial charge in [0.15, 0.2) is 0 Å². The number of hydrogen-bond donors (Lipinski definition) is 0. The lowest BCUT2D eigenvalue weighted by Crippen LogP contribution is -2.27. The van der Waals surface area contributed by atoms with Crippen LogP contribution in [-0.4, -0.2) is 19.0 Å². The van der Waals surface area contributed by atoms with Gasteiger partial charge >= 0.3 is 0 Å². The molecule has 0 amide bonds. The van der Waals surface area contributed by atoms with Crippen LogP contribution in [0.15, 0.2) is 27.6 Å². The molecule has 0 radical (unpaired) electrons. The number of rotatable bonds is 1. The number of nitrogens with zero attached hydrogens (tertiary/aromatic N) is 4. The number of fused-ring (bicyclic) bond motifs is 1. The molecule has 0 aliphatic carbocycles.